The summed E-state index contributed by atoms with van der Waals surface area (Å²) in [5.41, 5.74) is 0.962. The smallest absolute Gasteiger partial charge is 0.293 e. The summed E-state index contributed by atoms with van der Waals surface area (Å²) >= 11 is 0. The largest absolute Gasteiger partial charge is 0.338 e. The highest BCUT2D eigenvalue weighted by molar-refractivity contribution is 5.91. The molecule has 0 saturated carbocycles. The second kappa shape index (κ2) is 8.53. The van der Waals surface area contributed by atoms with Crippen LogP contribution in [0.3, 0.4) is 0 Å². The van der Waals surface area contributed by atoms with Crippen LogP contribution >= 0.6 is 0 Å². The number of piperazine rings is 1. The number of rotatable bonds is 4. The van der Waals surface area contributed by atoms with Crippen molar-refractivity contribution in [1.29, 1.82) is 0 Å². The zero-order valence-electron chi connectivity index (χ0n) is 18.5. The fourth-order valence-corrected chi connectivity index (χ4v) is 3.94. The van der Waals surface area contributed by atoms with Gasteiger partial charge in [0, 0.05) is 26.2 Å². The Bertz CT molecular complexity index is 1120. The molecule has 1 fully saturated rings. The van der Waals surface area contributed by atoms with Crippen LogP contribution in [0, 0.1) is 12.7 Å². The van der Waals surface area contributed by atoms with Crippen LogP contribution in [0.2, 0.25) is 0 Å². The molecule has 0 bridgehead atoms. The normalized spacial score (nSPS) is 14.5. The molecule has 0 aliphatic carbocycles. The Morgan fingerprint density at radius 1 is 0.906 bits per heavy atom. The summed E-state index contributed by atoms with van der Waals surface area (Å²) < 4.78 is 14.7. The number of amides is 2. The molecule has 0 radical (unpaired) electrons. The van der Waals surface area contributed by atoms with Crippen molar-refractivity contribution in [3.8, 4) is 5.69 Å². The minimum Gasteiger partial charge on any atom is -0.338 e. The summed E-state index contributed by atoms with van der Waals surface area (Å²) in [6.45, 7) is 7.35. The molecule has 2 amide bonds. The van der Waals surface area contributed by atoms with E-state index in [1.165, 1.54) is 16.8 Å². The highest BCUT2D eigenvalue weighted by Gasteiger charge is 2.36. The summed E-state index contributed by atoms with van der Waals surface area (Å²) in [4.78, 5) is 33.9. The lowest BCUT2D eigenvalue weighted by atomic mass is 9.83. The van der Waals surface area contributed by atoms with Crippen LogP contribution in [-0.4, -0.2) is 62.6 Å². The van der Waals surface area contributed by atoms with Gasteiger partial charge in [0.25, 0.3) is 5.91 Å². The molecular formula is C24H26FN5O2. The molecule has 4 rings (SSSR count). The van der Waals surface area contributed by atoms with Crippen molar-refractivity contribution in [3.05, 3.63) is 77.6 Å². The maximum absolute atomic E-state index is 13.2. The lowest BCUT2D eigenvalue weighted by Crippen LogP contribution is -2.54. The quantitative estimate of drug-likeness (QED) is 0.632. The third-order valence-electron chi connectivity index (χ3n) is 5.92. The van der Waals surface area contributed by atoms with Crippen LogP contribution < -0.4 is 0 Å². The molecule has 1 saturated heterocycles. The second-order valence-electron chi connectivity index (χ2n) is 8.45. The first-order valence-corrected chi connectivity index (χ1v) is 10.6. The molecule has 0 unspecified atom stereocenters. The molecule has 3 aromatic rings. The highest BCUT2D eigenvalue weighted by atomic mass is 19.1. The van der Waals surface area contributed by atoms with Crippen molar-refractivity contribution in [1.82, 2.24) is 24.6 Å². The maximum Gasteiger partial charge on any atom is 0.293 e. The van der Waals surface area contributed by atoms with Gasteiger partial charge in [-0.15, -0.1) is 5.10 Å². The Labute approximate surface area is 186 Å². The molecule has 2 heterocycles. The topological polar surface area (TPSA) is 71.3 Å². The summed E-state index contributed by atoms with van der Waals surface area (Å²) in [7, 11) is 0. The molecule has 8 heteroatoms. The number of hydrogen-bond acceptors (Lipinski definition) is 4. The minimum atomic E-state index is -0.639. The van der Waals surface area contributed by atoms with Crippen molar-refractivity contribution in [2.75, 3.05) is 26.2 Å². The first-order chi connectivity index (χ1) is 15.3. The highest BCUT2D eigenvalue weighted by Crippen LogP contribution is 2.26. The van der Waals surface area contributed by atoms with Crippen molar-refractivity contribution in [2.24, 2.45) is 0 Å². The van der Waals surface area contributed by atoms with Gasteiger partial charge in [-0.2, -0.15) is 0 Å². The molecule has 1 aromatic heterocycles. The Kier molecular flexibility index (Phi) is 5.78. The van der Waals surface area contributed by atoms with Crippen LogP contribution in [-0.2, 0) is 10.2 Å². The van der Waals surface area contributed by atoms with E-state index in [-0.39, 0.29) is 23.5 Å². The van der Waals surface area contributed by atoms with Crippen molar-refractivity contribution >= 4 is 11.8 Å². The Morgan fingerprint density at radius 2 is 1.50 bits per heavy atom. The number of carbonyl (C=O) groups excluding carboxylic acids is 2. The predicted molar refractivity (Wildman–Crippen MR) is 118 cm³/mol. The van der Waals surface area contributed by atoms with E-state index in [0.29, 0.717) is 37.7 Å². The van der Waals surface area contributed by atoms with Gasteiger partial charge in [-0.1, -0.05) is 30.3 Å². The predicted octanol–water partition coefficient (Wildman–Crippen LogP) is 2.98. The number of halogens is 1. The van der Waals surface area contributed by atoms with Gasteiger partial charge in [0.2, 0.25) is 11.7 Å². The average molecular weight is 436 g/mol. The molecular weight excluding hydrogens is 409 g/mol. The third kappa shape index (κ3) is 4.12. The van der Waals surface area contributed by atoms with Gasteiger partial charge in [-0.3, -0.25) is 9.59 Å². The van der Waals surface area contributed by atoms with Crippen molar-refractivity contribution < 1.29 is 14.0 Å². The standard InChI is InChI=1S/C24H26FN5O2/c1-17-26-21(27-30(17)20-11-9-19(25)10-12-20)22(31)28-13-15-29(16-14-28)23(32)24(2,3)18-7-5-4-6-8-18/h4-12H,13-16H2,1-3H3. The van der Waals surface area contributed by atoms with Gasteiger partial charge >= 0.3 is 0 Å². The number of benzene rings is 2. The fraction of sp³-hybridized carbons (Fsp3) is 0.333. The van der Waals surface area contributed by atoms with E-state index in [1.54, 1.807) is 24.0 Å². The number of aryl methyl sites for hydroxylation is 1. The molecule has 0 atom stereocenters. The molecule has 1 aliphatic heterocycles. The number of nitrogens with zero attached hydrogens (tertiary/aromatic N) is 5. The molecule has 166 valence electrons. The minimum absolute atomic E-state index is 0.0466. The van der Waals surface area contributed by atoms with Gasteiger partial charge in [0.1, 0.15) is 11.6 Å². The fourth-order valence-electron chi connectivity index (χ4n) is 3.94. The maximum atomic E-state index is 13.2. The van der Waals surface area contributed by atoms with Gasteiger partial charge in [0.05, 0.1) is 11.1 Å². The first-order valence-electron chi connectivity index (χ1n) is 10.6. The zero-order valence-corrected chi connectivity index (χ0v) is 18.5. The molecule has 7 nitrogen and oxygen atoms in total. The molecule has 32 heavy (non-hydrogen) atoms. The monoisotopic (exact) mass is 435 g/mol. The van der Waals surface area contributed by atoms with Gasteiger partial charge in [-0.25, -0.2) is 14.1 Å². The second-order valence-corrected chi connectivity index (χ2v) is 8.45. The van der Waals surface area contributed by atoms with Gasteiger partial charge in [-0.05, 0) is 50.6 Å². The van der Waals surface area contributed by atoms with Crippen molar-refractivity contribution in [2.45, 2.75) is 26.2 Å². The van der Waals surface area contributed by atoms with Crippen molar-refractivity contribution in [3.63, 3.8) is 0 Å². The van der Waals surface area contributed by atoms with Gasteiger partial charge in [0.15, 0.2) is 0 Å². The number of aromatic nitrogens is 3. The summed E-state index contributed by atoms with van der Waals surface area (Å²) in [5, 5.41) is 4.33. The van der Waals surface area contributed by atoms with E-state index in [2.05, 4.69) is 10.1 Å². The van der Waals surface area contributed by atoms with E-state index in [1.807, 2.05) is 49.1 Å². The first kappa shape index (κ1) is 21.7. The van der Waals surface area contributed by atoms with Crippen LogP contribution in [0.1, 0.15) is 35.9 Å². The molecule has 0 N–H and O–H groups in total. The van der Waals surface area contributed by atoms with E-state index >= 15 is 0 Å². The summed E-state index contributed by atoms with van der Waals surface area (Å²) in [6, 6.07) is 15.6. The lowest BCUT2D eigenvalue weighted by Gasteiger charge is -2.38. The van der Waals surface area contributed by atoms with Crippen LogP contribution in [0.5, 0.6) is 0 Å². The van der Waals surface area contributed by atoms with E-state index in [0.717, 1.165) is 5.56 Å². The summed E-state index contributed by atoms with van der Waals surface area (Å²) in [5.74, 6) is 0.0639. The number of hydrogen-bond donors (Lipinski definition) is 0. The van der Waals surface area contributed by atoms with E-state index in [4.69, 9.17) is 0 Å². The van der Waals surface area contributed by atoms with E-state index in [9.17, 15) is 14.0 Å². The van der Waals surface area contributed by atoms with E-state index < -0.39 is 5.41 Å². The SMILES string of the molecule is Cc1nc(C(=O)N2CCN(C(=O)C(C)(C)c3ccccc3)CC2)nn1-c1ccc(F)cc1. The number of carbonyl (C=O) groups is 2. The third-order valence-corrected chi connectivity index (χ3v) is 5.92. The Hall–Kier alpha value is -3.55. The molecule has 2 aromatic carbocycles. The summed E-state index contributed by atoms with van der Waals surface area (Å²) in [6.07, 6.45) is 0. The van der Waals surface area contributed by atoms with Crippen LogP contribution in [0.25, 0.3) is 5.69 Å². The Morgan fingerprint density at radius 3 is 2.12 bits per heavy atom. The molecule has 1 aliphatic rings. The van der Waals surface area contributed by atoms with Crippen LogP contribution in [0.4, 0.5) is 4.39 Å². The van der Waals surface area contributed by atoms with Gasteiger partial charge < -0.3 is 9.80 Å². The molecule has 0 spiro atoms. The Balaban J connectivity index is 1.42. The lowest BCUT2D eigenvalue weighted by molar-refractivity contribution is -0.137. The average Bonchev–Trinajstić information content (AvgIpc) is 3.20. The zero-order chi connectivity index (χ0) is 22.9. The van der Waals surface area contributed by atoms with Crippen LogP contribution in [0.15, 0.2) is 54.6 Å².